The Balaban J connectivity index is 2.61. The number of hydrogen-bond donors (Lipinski definition) is 1. The predicted molar refractivity (Wildman–Crippen MR) is 60.6 cm³/mol. The van der Waals surface area contributed by atoms with Gasteiger partial charge in [-0.2, -0.15) is 13.2 Å². The molecule has 0 radical (unpaired) electrons. The number of nitrogen functional groups attached to an aromatic ring is 1. The molecule has 0 heterocycles. The second-order valence-corrected chi connectivity index (χ2v) is 5.72. The minimum Gasteiger partial charge on any atom is -0.398 e. The average Bonchev–Trinajstić information content (AvgIpc) is 2.19. The van der Waals surface area contributed by atoms with E-state index in [1.807, 2.05) is 0 Å². The van der Waals surface area contributed by atoms with Crippen LogP contribution in [0.15, 0.2) is 23.1 Å². The molecular formula is C9H9F4NOS2. The van der Waals surface area contributed by atoms with Crippen LogP contribution in [0.25, 0.3) is 0 Å². The van der Waals surface area contributed by atoms with Crippen LogP contribution in [0.4, 0.5) is 23.2 Å². The minimum atomic E-state index is -4.35. The minimum absolute atomic E-state index is 0.0350. The zero-order valence-corrected chi connectivity index (χ0v) is 10.1. The Morgan fingerprint density at radius 2 is 2.00 bits per heavy atom. The number of thioether (sulfide) groups is 1. The molecule has 96 valence electrons. The third-order valence-electron chi connectivity index (χ3n) is 1.76. The molecule has 17 heavy (non-hydrogen) atoms. The Bertz CT molecular complexity index is 422. The zero-order valence-electron chi connectivity index (χ0n) is 8.46. The Labute approximate surface area is 102 Å². The Hall–Kier alpha value is -0.760. The lowest BCUT2D eigenvalue weighted by molar-refractivity contribution is -0.0326. The van der Waals surface area contributed by atoms with Crippen molar-refractivity contribution in [2.75, 3.05) is 17.2 Å². The third-order valence-corrected chi connectivity index (χ3v) is 4.17. The van der Waals surface area contributed by atoms with Crippen LogP contribution in [0, 0.1) is 5.82 Å². The molecule has 0 bridgehead atoms. The molecule has 8 heteroatoms. The second kappa shape index (κ2) is 5.72. The van der Waals surface area contributed by atoms with Crippen LogP contribution in [0.2, 0.25) is 0 Å². The summed E-state index contributed by atoms with van der Waals surface area (Å²) in [5.41, 5.74) is 1.22. The number of benzene rings is 1. The van der Waals surface area contributed by atoms with E-state index in [0.717, 1.165) is 12.1 Å². The molecular weight excluding hydrogens is 278 g/mol. The lowest BCUT2D eigenvalue weighted by Crippen LogP contribution is -2.08. The largest absolute Gasteiger partial charge is 0.441 e. The van der Waals surface area contributed by atoms with E-state index in [4.69, 9.17) is 5.73 Å². The van der Waals surface area contributed by atoms with Gasteiger partial charge in [-0.3, -0.25) is 4.21 Å². The molecule has 1 atom stereocenters. The molecule has 1 aromatic carbocycles. The van der Waals surface area contributed by atoms with Gasteiger partial charge < -0.3 is 5.73 Å². The van der Waals surface area contributed by atoms with Crippen molar-refractivity contribution in [3.05, 3.63) is 24.0 Å². The molecule has 0 saturated carbocycles. The fraction of sp³-hybridized carbons (Fsp3) is 0.333. The fourth-order valence-electron chi connectivity index (χ4n) is 1.05. The lowest BCUT2D eigenvalue weighted by Gasteiger charge is -2.07. The van der Waals surface area contributed by atoms with Crippen LogP contribution in [-0.4, -0.2) is 21.2 Å². The van der Waals surface area contributed by atoms with Crippen LogP contribution in [0.3, 0.4) is 0 Å². The van der Waals surface area contributed by atoms with E-state index in [1.54, 1.807) is 0 Å². The zero-order chi connectivity index (χ0) is 13.1. The van der Waals surface area contributed by atoms with E-state index in [0.29, 0.717) is 0 Å². The van der Waals surface area contributed by atoms with E-state index in [9.17, 15) is 21.8 Å². The SMILES string of the molecule is Nc1ccc(F)cc1S(=O)CCSC(F)(F)F. The van der Waals surface area contributed by atoms with E-state index in [1.165, 1.54) is 6.07 Å². The Morgan fingerprint density at radius 3 is 2.59 bits per heavy atom. The van der Waals surface area contributed by atoms with Crippen LogP contribution in [0.1, 0.15) is 0 Å². The van der Waals surface area contributed by atoms with Crippen molar-refractivity contribution in [1.82, 2.24) is 0 Å². The quantitative estimate of drug-likeness (QED) is 0.684. The Kier molecular flexibility index (Phi) is 4.81. The number of halogens is 4. The highest BCUT2D eigenvalue weighted by molar-refractivity contribution is 8.00. The van der Waals surface area contributed by atoms with Crippen molar-refractivity contribution < 1.29 is 21.8 Å². The normalized spacial score (nSPS) is 13.6. The first-order valence-corrected chi connectivity index (χ1v) is 6.74. The predicted octanol–water partition coefficient (Wildman–Crippen LogP) is 2.77. The number of hydrogen-bond acceptors (Lipinski definition) is 3. The molecule has 2 nitrogen and oxygen atoms in total. The molecule has 1 unspecified atom stereocenters. The summed E-state index contributed by atoms with van der Waals surface area (Å²) < 4.78 is 59.9. The van der Waals surface area contributed by atoms with Crippen molar-refractivity contribution in [3.8, 4) is 0 Å². The van der Waals surface area contributed by atoms with Gasteiger partial charge in [-0.1, -0.05) is 11.8 Å². The van der Waals surface area contributed by atoms with Gasteiger partial charge in [-0.05, 0) is 18.2 Å². The summed E-state index contributed by atoms with van der Waals surface area (Å²) in [5.74, 6) is -1.20. The summed E-state index contributed by atoms with van der Waals surface area (Å²) in [6.07, 6.45) is 0. The fourth-order valence-corrected chi connectivity index (χ4v) is 3.01. The van der Waals surface area contributed by atoms with Crippen molar-refractivity contribution in [1.29, 1.82) is 0 Å². The number of alkyl halides is 3. The molecule has 0 aromatic heterocycles. The highest BCUT2D eigenvalue weighted by atomic mass is 32.2. The van der Waals surface area contributed by atoms with Gasteiger partial charge in [0, 0.05) is 17.2 Å². The van der Waals surface area contributed by atoms with Gasteiger partial charge in [0.15, 0.2) is 0 Å². The maximum atomic E-state index is 12.8. The second-order valence-electron chi connectivity index (χ2n) is 3.03. The highest BCUT2D eigenvalue weighted by Gasteiger charge is 2.28. The first-order valence-electron chi connectivity index (χ1n) is 4.43. The molecule has 0 aliphatic carbocycles. The summed E-state index contributed by atoms with van der Waals surface area (Å²) in [5, 5.41) is 0. The standard InChI is InChI=1S/C9H9F4NOS2/c10-6-1-2-7(14)8(5-6)17(15)4-3-16-9(11,12)13/h1-2,5H,3-4,14H2. The molecule has 0 aliphatic rings. The number of nitrogens with two attached hydrogens (primary N) is 1. The van der Waals surface area contributed by atoms with Gasteiger partial charge in [0.2, 0.25) is 0 Å². The summed E-state index contributed by atoms with van der Waals surface area (Å²) in [6.45, 7) is 0. The van der Waals surface area contributed by atoms with Crippen molar-refractivity contribution in [2.24, 2.45) is 0 Å². The monoisotopic (exact) mass is 287 g/mol. The van der Waals surface area contributed by atoms with Gasteiger partial charge in [-0.15, -0.1) is 0 Å². The van der Waals surface area contributed by atoms with Crippen molar-refractivity contribution >= 4 is 28.2 Å². The first-order chi connectivity index (χ1) is 7.79. The molecule has 0 amide bonds. The van der Waals surface area contributed by atoms with E-state index in [-0.39, 0.29) is 33.9 Å². The highest BCUT2D eigenvalue weighted by Crippen LogP contribution is 2.30. The molecule has 1 aromatic rings. The van der Waals surface area contributed by atoms with Gasteiger partial charge in [0.1, 0.15) is 5.82 Å². The van der Waals surface area contributed by atoms with Gasteiger partial charge in [0.05, 0.1) is 15.7 Å². The van der Waals surface area contributed by atoms with Crippen LogP contribution >= 0.6 is 11.8 Å². The van der Waals surface area contributed by atoms with E-state index >= 15 is 0 Å². The van der Waals surface area contributed by atoms with Crippen molar-refractivity contribution in [3.63, 3.8) is 0 Å². The molecule has 0 saturated heterocycles. The Morgan fingerprint density at radius 1 is 1.35 bits per heavy atom. The van der Waals surface area contributed by atoms with E-state index < -0.39 is 22.1 Å². The van der Waals surface area contributed by atoms with Crippen LogP contribution < -0.4 is 5.73 Å². The molecule has 0 fully saturated rings. The number of rotatable bonds is 4. The van der Waals surface area contributed by atoms with E-state index in [2.05, 4.69) is 0 Å². The van der Waals surface area contributed by atoms with Crippen molar-refractivity contribution in [2.45, 2.75) is 10.4 Å². The topological polar surface area (TPSA) is 43.1 Å². The molecule has 1 rings (SSSR count). The smallest absolute Gasteiger partial charge is 0.398 e. The summed E-state index contributed by atoms with van der Waals surface area (Å²) >= 11 is -0.261. The first kappa shape index (κ1) is 14.3. The summed E-state index contributed by atoms with van der Waals surface area (Å²) in [6, 6.07) is 3.31. The number of anilines is 1. The van der Waals surface area contributed by atoms with Gasteiger partial charge >= 0.3 is 5.51 Å². The van der Waals surface area contributed by atoms with Crippen LogP contribution in [0.5, 0.6) is 0 Å². The summed E-state index contributed by atoms with van der Waals surface area (Å²) in [4.78, 5) is 0.0350. The maximum absolute atomic E-state index is 12.8. The van der Waals surface area contributed by atoms with Crippen LogP contribution in [-0.2, 0) is 10.8 Å². The molecule has 0 aliphatic heterocycles. The molecule has 2 N–H and O–H groups in total. The lowest BCUT2D eigenvalue weighted by atomic mass is 10.3. The third kappa shape index (κ3) is 4.95. The van der Waals surface area contributed by atoms with Gasteiger partial charge in [0.25, 0.3) is 0 Å². The maximum Gasteiger partial charge on any atom is 0.441 e. The summed E-state index contributed by atoms with van der Waals surface area (Å²) in [7, 11) is -1.73. The molecule has 0 spiro atoms. The van der Waals surface area contributed by atoms with Gasteiger partial charge in [-0.25, -0.2) is 4.39 Å². The average molecular weight is 287 g/mol.